The summed E-state index contributed by atoms with van der Waals surface area (Å²) in [5.41, 5.74) is 0.739. The first-order valence-electron chi connectivity index (χ1n) is 7.83. The SMILES string of the molecule is C/C(=N/Nc1c([N+](=O)[O-])cc(C(F)(F)F)cc1[N+](=O)[O-])c1ccc(C)c(C)c1. The lowest BCUT2D eigenvalue weighted by Gasteiger charge is -2.10. The summed E-state index contributed by atoms with van der Waals surface area (Å²) < 4.78 is 38.8. The van der Waals surface area contributed by atoms with E-state index in [9.17, 15) is 33.4 Å². The second-order valence-corrected chi connectivity index (χ2v) is 6.01. The van der Waals surface area contributed by atoms with Crippen molar-refractivity contribution in [2.75, 3.05) is 5.43 Å². The number of anilines is 1. The summed E-state index contributed by atoms with van der Waals surface area (Å²) in [6.45, 7) is 5.32. The number of nitrogens with one attached hydrogen (secondary N) is 1. The molecule has 0 radical (unpaired) electrons. The molecular formula is C17H15F3N4O4. The molecule has 0 atom stereocenters. The van der Waals surface area contributed by atoms with Crippen LogP contribution in [-0.2, 0) is 6.18 Å². The molecular weight excluding hydrogens is 381 g/mol. The number of nitrogens with zero attached hydrogens (tertiary/aromatic N) is 3. The van der Waals surface area contributed by atoms with Gasteiger partial charge in [-0.2, -0.15) is 18.3 Å². The van der Waals surface area contributed by atoms with Gasteiger partial charge < -0.3 is 0 Å². The molecule has 0 bridgehead atoms. The van der Waals surface area contributed by atoms with Crippen molar-refractivity contribution in [3.05, 3.63) is 72.8 Å². The fourth-order valence-corrected chi connectivity index (χ4v) is 2.35. The van der Waals surface area contributed by atoms with Crippen molar-refractivity contribution in [2.24, 2.45) is 5.10 Å². The fraction of sp³-hybridized carbons (Fsp3) is 0.235. The van der Waals surface area contributed by atoms with Gasteiger partial charge in [-0.25, -0.2) is 0 Å². The van der Waals surface area contributed by atoms with Crippen LogP contribution >= 0.6 is 0 Å². The van der Waals surface area contributed by atoms with Gasteiger partial charge in [0.15, 0.2) is 0 Å². The van der Waals surface area contributed by atoms with E-state index in [2.05, 4.69) is 10.5 Å². The largest absolute Gasteiger partial charge is 0.416 e. The molecule has 0 saturated carbocycles. The zero-order valence-corrected chi connectivity index (χ0v) is 15.0. The van der Waals surface area contributed by atoms with E-state index in [1.807, 2.05) is 19.9 Å². The van der Waals surface area contributed by atoms with Crippen molar-refractivity contribution in [1.82, 2.24) is 0 Å². The van der Waals surface area contributed by atoms with Crippen molar-refractivity contribution in [2.45, 2.75) is 26.9 Å². The average Bonchev–Trinajstić information content (AvgIpc) is 2.60. The molecule has 0 saturated heterocycles. The van der Waals surface area contributed by atoms with Gasteiger partial charge in [-0.05, 0) is 43.5 Å². The summed E-state index contributed by atoms with van der Waals surface area (Å²) in [4.78, 5) is 20.1. The molecule has 0 heterocycles. The Morgan fingerprint density at radius 1 is 1.00 bits per heavy atom. The maximum absolute atomic E-state index is 12.9. The molecule has 0 fully saturated rings. The molecule has 11 heteroatoms. The lowest BCUT2D eigenvalue weighted by molar-refractivity contribution is -0.392. The molecule has 0 amide bonds. The third-order valence-electron chi connectivity index (χ3n) is 4.08. The Balaban J connectivity index is 2.55. The predicted octanol–water partition coefficient (Wildman–Crippen LogP) is 4.97. The summed E-state index contributed by atoms with van der Waals surface area (Å²) in [5.74, 6) is 0. The fourth-order valence-electron chi connectivity index (χ4n) is 2.35. The monoisotopic (exact) mass is 396 g/mol. The number of benzene rings is 2. The van der Waals surface area contributed by atoms with E-state index in [4.69, 9.17) is 0 Å². The first-order chi connectivity index (χ1) is 12.9. The van der Waals surface area contributed by atoms with Gasteiger partial charge in [-0.3, -0.25) is 25.7 Å². The van der Waals surface area contributed by atoms with Crippen molar-refractivity contribution in [3.8, 4) is 0 Å². The Kier molecular flexibility index (Phi) is 5.67. The van der Waals surface area contributed by atoms with Gasteiger partial charge >= 0.3 is 17.6 Å². The van der Waals surface area contributed by atoms with E-state index in [0.29, 0.717) is 11.3 Å². The minimum absolute atomic E-state index is 0.232. The maximum atomic E-state index is 12.9. The van der Waals surface area contributed by atoms with Crippen molar-refractivity contribution >= 4 is 22.8 Å². The first kappa shape index (κ1) is 20.8. The highest BCUT2D eigenvalue weighted by molar-refractivity contribution is 5.99. The summed E-state index contributed by atoms with van der Waals surface area (Å²) >= 11 is 0. The van der Waals surface area contributed by atoms with Crippen LogP contribution in [-0.4, -0.2) is 15.6 Å². The zero-order valence-electron chi connectivity index (χ0n) is 15.0. The van der Waals surface area contributed by atoms with Gasteiger partial charge in [-0.15, -0.1) is 0 Å². The number of hydrazone groups is 1. The number of halogens is 3. The highest BCUT2D eigenvalue weighted by Crippen LogP contribution is 2.41. The van der Waals surface area contributed by atoms with Crippen molar-refractivity contribution < 1.29 is 23.0 Å². The van der Waals surface area contributed by atoms with Crippen molar-refractivity contribution in [1.29, 1.82) is 0 Å². The Bertz CT molecular complexity index is 952. The third kappa shape index (κ3) is 4.42. The Morgan fingerprint density at radius 2 is 1.54 bits per heavy atom. The molecule has 0 aliphatic rings. The average molecular weight is 396 g/mol. The van der Waals surface area contributed by atoms with E-state index in [1.54, 1.807) is 19.1 Å². The van der Waals surface area contributed by atoms with Gasteiger partial charge in [0.05, 0.1) is 21.1 Å². The van der Waals surface area contributed by atoms with Crippen LogP contribution in [0.25, 0.3) is 0 Å². The smallest absolute Gasteiger partial charge is 0.266 e. The van der Waals surface area contributed by atoms with Crippen LogP contribution in [0.15, 0.2) is 35.4 Å². The minimum Gasteiger partial charge on any atom is -0.266 e. The van der Waals surface area contributed by atoms with E-state index >= 15 is 0 Å². The number of hydrogen-bond acceptors (Lipinski definition) is 6. The number of nitro benzene ring substituents is 2. The third-order valence-corrected chi connectivity index (χ3v) is 4.08. The molecule has 148 valence electrons. The molecule has 0 aliphatic heterocycles. The van der Waals surface area contributed by atoms with Crippen LogP contribution in [0.1, 0.15) is 29.2 Å². The van der Waals surface area contributed by atoms with Gasteiger partial charge in [0.1, 0.15) is 0 Å². The predicted molar refractivity (Wildman–Crippen MR) is 96.5 cm³/mol. The van der Waals surface area contributed by atoms with Crippen LogP contribution in [0.4, 0.5) is 30.2 Å². The maximum Gasteiger partial charge on any atom is 0.416 e. The van der Waals surface area contributed by atoms with E-state index in [-0.39, 0.29) is 12.1 Å². The second kappa shape index (κ2) is 7.62. The summed E-state index contributed by atoms with van der Waals surface area (Å²) in [6.07, 6.45) is -4.98. The molecule has 28 heavy (non-hydrogen) atoms. The summed E-state index contributed by atoms with van der Waals surface area (Å²) in [6, 6.07) is 5.82. The number of aryl methyl sites for hydroxylation is 2. The number of alkyl halides is 3. The Labute approximate surface area is 157 Å². The van der Waals surface area contributed by atoms with Crippen LogP contribution < -0.4 is 5.43 Å². The molecule has 2 rings (SSSR count). The molecule has 0 unspecified atom stereocenters. The van der Waals surface area contributed by atoms with Gasteiger partial charge in [-0.1, -0.05) is 12.1 Å². The van der Waals surface area contributed by atoms with Gasteiger partial charge in [0, 0.05) is 12.1 Å². The number of hydrogen-bond donors (Lipinski definition) is 1. The second-order valence-electron chi connectivity index (χ2n) is 6.01. The molecule has 2 aromatic rings. The Morgan fingerprint density at radius 3 is 1.96 bits per heavy atom. The van der Waals surface area contributed by atoms with Crippen LogP contribution in [0, 0.1) is 34.1 Å². The van der Waals surface area contributed by atoms with Crippen LogP contribution in [0.2, 0.25) is 0 Å². The van der Waals surface area contributed by atoms with Gasteiger partial charge in [0.2, 0.25) is 5.69 Å². The lowest BCUT2D eigenvalue weighted by Crippen LogP contribution is -2.10. The molecule has 0 aromatic heterocycles. The topological polar surface area (TPSA) is 111 Å². The first-order valence-corrected chi connectivity index (χ1v) is 7.83. The van der Waals surface area contributed by atoms with Crippen LogP contribution in [0.5, 0.6) is 0 Å². The molecule has 1 N–H and O–H groups in total. The molecule has 0 spiro atoms. The summed E-state index contributed by atoms with van der Waals surface area (Å²) in [7, 11) is 0. The highest BCUT2D eigenvalue weighted by atomic mass is 19.4. The lowest BCUT2D eigenvalue weighted by atomic mass is 10.0. The van der Waals surface area contributed by atoms with E-state index in [1.165, 1.54) is 0 Å². The number of rotatable bonds is 5. The van der Waals surface area contributed by atoms with Crippen molar-refractivity contribution in [3.63, 3.8) is 0 Å². The van der Waals surface area contributed by atoms with E-state index in [0.717, 1.165) is 11.1 Å². The minimum atomic E-state index is -4.98. The number of nitro groups is 2. The van der Waals surface area contributed by atoms with Crippen LogP contribution in [0.3, 0.4) is 0 Å². The zero-order chi connectivity index (χ0) is 21.2. The van der Waals surface area contributed by atoms with E-state index < -0.39 is 38.6 Å². The molecule has 8 nitrogen and oxygen atoms in total. The molecule has 0 aliphatic carbocycles. The standard InChI is InChI=1S/C17H15F3N4O4/c1-9-4-5-12(6-10(9)2)11(3)21-22-16-14(23(25)26)7-13(17(18,19)20)8-15(16)24(27)28/h4-8,22H,1-3H3/b21-11-. The van der Waals surface area contributed by atoms with Gasteiger partial charge in [0.25, 0.3) is 0 Å². The Hall–Kier alpha value is -3.50. The quantitative estimate of drug-likeness (QED) is 0.436. The molecule has 2 aromatic carbocycles. The highest BCUT2D eigenvalue weighted by Gasteiger charge is 2.37. The summed E-state index contributed by atoms with van der Waals surface area (Å²) in [5, 5.41) is 26.3. The normalized spacial score (nSPS) is 12.0.